The van der Waals surface area contributed by atoms with Crippen LogP contribution in [0.4, 0.5) is 5.82 Å². The highest BCUT2D eigenvalue weighted by molar-refractivity contribution is 5.79. The monoisotopic (exact) mass is 279 g/mol. The zero-order chi connectivity index (χ0) is 14.8. The van der Waals surface area contributed by atoms with Crippen molar-refractivity contribution >= 4 is 11.8 Å². The molecular weight excluding hydrogens is 254 g/mol. The van der Waals surface area contributed by atoms with Gasteiger partial charge in [-0.05, 0) is 19.1 Å². The summed E-state index contributed by atoms with van der Waals surface area (Å²) in [5.41, 5.74) is 0.945. The summed E-state index contributed by atoms with van der Waals surface area (Å²) in [6.45, 7) is 4.79. The number of pyridine rings is 1. The van der Waals surface area contributed by atoms with Crippen LogP contribution in [0.1, 0.15) is 12.6 Å². The first-order chi connectivity index (χ1) is 9.67. The minimum Gasteiger partial charge on any atom is -0.383 e. The second-order valence-corrected chi connectivity index (χ2v) is 4.50. The molecule has 112 valence electrons. The van der Waals surface area contributed by atoms with E-state index in [9.17, 15) is 0 Å². The van der Waals surface area contributed by atoms with Gasteiger partial charge in [0.15, 0.2) is 5.96 Å². The molecule has 1 aromatic heterocycles. The number of methoxy groups -OCH3 is 1. The second kappa shape index (κ2) is 9.14. The van der Waals surface area contributed by atoms with Crippen molar-refractivity contribution in [1.82, 2.24) is 15.6 Å². The lowest BCUT2D eigenvalue weighted by Crippen LogP contribution is -2.38. The zero-order valence-electron chi connectivity index (χ0n) is 12.8. The van der Waals surface area contributed by atoms with Crippen molar-refractivity contribution in [1.29, 1.82) is 0 Å². The summed E-state index contributed by atoms with van der Waals surface area (Å²) in [6, 6.07) is 5.96. The van der Waals surface area contributed by atoms with Gasteiger partial charge in [-0.15, -0.1) is 0 Å². The van der Waals surface area contributed by atoms with Gasteiger partial charge in [-0.3, -0.25) is 0 Å². The lowest BCUT2D eigenvalue weighted by molar-refractivity contribution is 0.203. The average Bonchev–Trinajstić information content (AvgIpc) is 2.45. The topological polar surface area (TPSA) is 61.8 Å². The number of aromatic nitrogens is 1. The number of anilines is 1. The Morgan fingerprint density at radius 1 is 1.35 bits per heavy atom. The van der Waals surface area contributed by atoms with E-state index in [2.05, 4.69) is 20.6 Å². The highest BCUT2D eigenvalue weighted by Gasteiger charge is 2.00. The number of aliphatic imine (C=N–C) groups is 1. The van der Waals surface area contributed by atoms with Crippen LogP contribution in [0.5, 0.6) is 0 Å². The molecule has 0 atom stereocenters. The highest BCUT2D eigenvalue weighted by atomic mass is 16.5. The predicted molar refractivity (Wildman–Crippen MR) is 83.3 cm³/mol. The van der Waals surface area contributed by atoms with E-state index in [1.807, 2.05) is 44.1 Å². The minimum absolute atomic E-state index is 0.546. The van der Waals surface area contributed by atoms with Gasteiger partial charge in [0.25, 0.3) is 0 Å². The van der Waals surface area contributed by atoms with Crippen molar-refractivity contribution in [2.24, 2.45) is 4.99 Å². The van der Waals surface area contributed by atoms with Crippen molar-refractivity contribution in [2.45, 2.75) is 13.5 Å². The summed E-state index contributed by atoms with van der Waals surface area (Å²) in [5.74, 6) is 1.72. The Labute approximate surface area is 121 Å². The van der Waals surface area contributed by atoms with E-state index in [4.69, 9.17) is 4.74 Å². The minimum atomic E-state index is 0.546. The maximum Gasteiger partial charge on any atom is 0.191 e. The highest BCUT2D eigenvalue weighted by Crippen LogP contribution is 2.08. The Bertz CT molecular complexity index is 420. The molecule has 0 fully saturated rings. The van der Waals surface area contributed by atoms with Gasteiger partial charge in [-0.1, -0.05) is 6.07 Å². The van der Waals surface area contributed by atoms with Gasteiger partial charge >= 0.3 is 0 Å². The van der Waals surface area contributed by atoms with Crippen molar-refractivity contribution in [3.8, 4) is 0 Å². The first-order valence-electron chi connectivity index (χ1n) is 6.81. The Morgan fingerprint density at radius 2 is 2.15 bits per heavy atom. The molecule has 0 saturated carbocycles. The molecule has 0 amide bonds. The summed E-state index contributed by atoms with van der Waals surface area (Å²) >= 11 is 0. The summed E-state index contributed by atoms with van der Waals surface area (Å²) in [5, 5.41) is 6.40. The normalized spacial score (nSPS) is 11.3. The van der Waals surface area contributed by atoms with Gasteiger partial charge in [0.2, 0.25) is 0 Å². The molecular formula is C14H25N5O. The average molecular weight is 279 g/mol. The molecule has 2 N–H and O–H groups in total. The lowest BCUT2D eigenvalue weighted by atomic mass is 10.3. The van der Waals surface area contributed by atoms with Gasteiger partial charge in [0, 0.05) is 34.3 Å². The van der Waals surface area contributed by atoms with E-state index >= 15 is 0 Å². The fraction of sp³-hybridized carbons (Fsp3) is 0.571. The number of nitrogens with zero attached hydrogens (tertiary/aromatic N) is 3. The molecule has 1 heterocycles. The van der Waals surface area contributed by atoms with Gasteiger partial charge in [-0.2, -0.15) is 0 Å². The van der Waals surface area contributed by atoms with Crippen LogP contribution in [0.3, 0.4) is 0 Å². The van der Waals surface area contributed by atoms with Crippen molar-refractivity contribution in [2.75, 3.05) is 45.8 Å². The smallest absolute Gasteiger partial charge is 0.191 e. The van der Waals surface area contributed by atoms with E-state index in [1.165, 1.54) is 0 Å². The van der Waals surface area contributed by atoms with E-state index in [1.54, 1.807) is 7.11 Å². The first kappa shape index (κ1) is 16.2. The standard InChI is InChI=1S/C14H25N5O/c1-5-15-14(16-9-10-20-4)17-11-12-7-6-8-13(18-12)19(2)3/h6-8H,5,9-11H2,1-4H3,(H2,15,16,17). The zero-order valence-corrected chi connectivity index (χ0v) is 12.8. The van der Waals surface area contributed by atoms with E-state index in [0.29, 0.717) is 13.2 Å². The van der Waals surface area contributed by atoms with Crippen molar-refractivity contribution in [3.05, 3.63) is 23.9 Å². The SMILES string of the molecule is CCNC(=NCc1cccc(N(C)C)n1)NCCOC. The number of guanidine groups is 1. The largest absolute Gasteiger partial charge is 0.383 e. The third kappa shape index (κ3) is 5.88. The fourth-order valence-electron chi connectivity index (χ4n) is 1.58. The number of ether oxygens (including phenoxy) is 1. The predicted octanol–water partition coefficient (Wildman–Crippen LogP) is 0.849. The third-order valence-corrected chi connectivity index (χ3v) is 2.59. The molecule has 0 aliphatic carbocycles. The van der Waals surface area contributed by atoms with Crippen LogP contribution < -0.4 is 15.5 Å². The van der Waals surface area contributed by atoms with Crippen LogP contribution in [0, 0.1) is 0 Å². The van der Waals surface area contributed by atoms with Crippen LogP contribution in [-0.4, -0.2) is 51.8 Å². The maximum atomic E-state index is 5.01. The van der Waals surface area contributed by atoms with E-state index in [0.717, 1.165) is 30.6 Å². The number of hydrogen-bond acceptors (Lipinski definition) is 4. The fourth-order valence-corrected chi connectivity index (χ4v) is 1.58. The van der Waals surface area contributed by atoms with Crippen LogP contribution in [0.2, 0.25) is 0 Å². The van der Waals surface area contributed by atoms with Crippen molar-refractivity contribution < 1.29 is 4.74 Å². The molecule has 1 aromatic rings. The van der Waals surface area contributed by atoms with Gasteiger partial charge < -0.3 is 20.3 Å². The molecule has 0 bridgehead atoms. The molecule has 0 spiro atoms. The number of rotatable bonds is 7. The number of nitrogens with one attached hydrogen (secondary N) is 2. The lowest BCUT2D eigenvalue weighted by Gasteiger charge is -2.12. The Morgan fingerprint density at radius 3 is 2.80 bits per heavy atom. The molecule has 6 heteroatoms. The van der Waals surface area contributed by atoms with Crippen molar-refractivity contribution in [3.63, 3.8) is 0 Å². The van der Waals surface area contributed by atoms with Crippen LogP contribution in [0.15, 0.2) is 23.2 Å². The molecule has 1 rings (SSSR count). The molecule has 20 heavy (non-hydrogen) atoms. The summed E-state index contributed by atoms with van der Waals surface area (Å²) in [4.78, 5) is 11.0. The van der Waals surface area contributed by atoms with Crippen LogP contribution in [0.25, 0.3) is 0 Å². The summed E-state index contributed by atoms with van der Waals surface area (Å²) < 4.78 is 5.01. The van der Waals surface area contributed by atoms with Crippen LogP contribution in [-0.2, 0) is 11.3 Å². The number of hydrogen-bond donors (Lipinski definition) is 2. The van der Waals surface area contributed by atoms with Crippen LogP contribution >= 0.6 is 0 Å². The molecule has 0 saturated heterocycles. The third-order valence-electron chi connectivity index (χ3n) is 2.59. The first-order valence-corrected chi connectivity index (χ1v) is 6.81. The van der Waals surface area contributed by atoms with Gasteiger partial charge in [0.1, 0.15) is 5.82 Å². The molecule has 0 unspecified atom stereocenters. The Balaban J connectivity index is 2.63. The summed E-state index contributed by atoms with van der Waals surface area (Å²) in [6.07, 6.45) is 0. The molecule has 0 aliphatic rings. The van der Waals surface area contributed by atoms with E-state index in [-0.39, 0.29) is 0 Å². The maximum absolute atomic E-state index is 5.01. The molecule has 6 nitrogen and oxygen atoms in total. The Kier molecular flexibility index (Phi) is 7.42. The van der Waals surface area contributed by atoms with Gasteiger partial charge in [-0.25, -0.2) is 9.98 Å². The van der Waals surface area contributed by atoms with Gasteiger partial charge in [0.05, 0.1) is 18.8 Å². The quantitative estimate of drug-likeness (QED) is 0.440. The second-order valence-electron chi connectivity index (χ2n) is 4.50. The Hall–Kier alpha value is -1.82. The molecule has 0 aromatic carbocycles. The van der Waals surface area contributed by atoms with E-state index < -0.39 is 0 Å². The molecule has 0 aliphatic heterocycles. The summed E-state index contributed by atoms with van der Waals surface area (Å²) in [7, 11) is 5.64. The molecule has 0 radical (unpaired) electrons.